The molecule has 258 valence electrons. The average Bonchev–Trinajstić information content (AvgIpc) is 3.57. The molecule has 10 nitrogen and oxygen atoms in total. The molecule has 0 unspecified atom stereocenters. The third-order valence-electron chi connectivity index (χ3n) is 9.61. The van der Waals surface area contributed by atoms with Crippen molar-refractivity contribution in [3.63, 3.8) is 0 Å². The van der Waals surface area contributed by atoms with Crippen LogP contribution in [0.15, 0.2) is 72.8 Å². The Kier molecular flexibility index (Phi) is 8.96. The molecule has 1 spiro atoms. The second-order valence-electron chi connectivity index (χ2n) is 13.6. The van der Waals surface area contributed by atoms with Gasteiger partial charge in [-0.05, 0) is 44.0 Å². The first-order valence-corrected chi connectivity index (χ1v) is 17.3. The first-order chi connectivity index (χ1) is 24.0. The van der Waals surface area contributed by atoms with Crippen molar-refractivity contribution in [1.29, 1.82) is 5.41 Å². The number of benzene rings is 3. The fourth-order valence-electron chi connectivity index (χ4n) is 7.05. The molecular formula is C38H38Cl2N6O4. The van der Waals surface area contributed by atoms with E-state index in [0.29, 0.717) is 40.3 Å². The third kappa shape index (κ3) is 6.39. The topological polar surface area (TPSA) is 120 Å². The number of likely N-dealkylation sites (tertiary alicyclic amines) is 1. The van der Waals surface area contributed by atoms with Gasteiger partial charge in [-0.15, -0.1) is 0 Å². The van der Waals surface area contributed by atoms with Gasteiger partial charge in [-0.25, -0.2) is 4.98 Å². The molecule has 3 aliphatic rings. The Hall–Kier alpha value is -4.64. The number of hydrogen-bond acceptors (Lipinski definition) is 7. The molecule has 4 aromatic rings. The number of methoxy groups -OCH3 is 1. The predicted molar refractivity (Wildman–Crippen MR) is 195 cm³/mol. The highest BCUT2D eigenvalue weighted by atomic mass is 35.5. The highest BCUT2D eigenvalue weighted by Gasteiger charge is 2.47. The molecule has 3 aromatic carbocycles. The zero-order valence-corrected chi connectivity index (χ0v) is 29.6. The molecule has 0 atom stereocenters. The van der Waals surface area contributed by atoms with Gasteiger partial charge in [-0.1, -0.05) is 77.8 Å². The first-order valence-electron chi connectivity index (χ1n) is 16.5. The van der Waals surface area contributed by atoms with Crippen molar-refractivity contribution in [1.82, 2.24) is 25.4 Å². The van der Waals surface area contributed by atoms with Crippen LogP contribution >= 0.6 is 23.2 Å². The summed E-state index contributed by atoms with van der Waals surface area (Å²) in [5.41, 5.74) is 4.88. The number of halogens is 2. The average molecular weight is 714 g/mol. The Bertz CT molecular complexity index is 1990. The van der Waals surface area contributed by atoms with Crippen LogP contribution < -0.4 is 20.1 Å². The van der Waals surface area contributed by atoms with Crippen LogP contribution in [0.3, 0.4) is 0 Å². The van der Waals surface area contributed by atoms with Gasteiger partial charge in [0.15, 0.2) is 5.96 Å². The van der Waals surface area contributed by atoms with Crippen LogP contribution in [0.1, 0.15) is 32.3 Å². The summed E-state index contributed by atoms with van der Waals surface area (Å²) >= 11 is 14.2. The second kappa shape index (κ2) is 13.2. The van der Waals surface area contributed by atoms with Crippen LogP contribution in [0.5, 0.6) is 11.6 Å². The summed E-state index contributed by atoms with van der Waals surface area (Å²) in [6.07, 6.45) is 1.48. The van der Waals surface area contributed by atoms with Crippen molar-refractivity contribution in [3.05, 3.63) is 88.4 Å². The smallest absolute Gasteiger partial charge is 0.254 e. The van der Waals surface area contributed by atoms with E-state index in [1.54, 1.807) is 21.0 Å². The molecule has 1 aromatic heterocycles. The summed E-state index contributed by atoms with van der Waals surface area (Å²) in [5.74, 6) is 1.26. The fourth-order valence-corrected chi connectivity index (χ4v) is 7.71. The summed E-state index contributed by atoms with van der Waals surface area (Å²) in [6, 6.07) is 23.3. The SMILES string of the molecule is COc1nc(-c2cccc(-c3cccc(-c4ccc(OCCN5C(=N)NC(C)(C)C5=O)cc4)c3Cl)c2Cl)ccc1CN1CC2(CCC(=O)N2)C1. The molecule has 0 radical (unpaired) electrons. The van der Waals surface area contributed by atoms with E-state index < -0.39 is 5.54 Å². The van der Waals surface area contributed by atoms with E-state index in [-0.39, 0.29) is 36.5 Å². The quantitative estimate of drug-likeness (QED) is 0.174. The summed E-state index contributed by atoms with van der Waals surface area (Å²) in [5, 5.41) is 15.2. The number of pyridine rings is 1. The van der Waals surface area contributed by atoms with Crippen LogP contribution in [-0.2, 0) is 16.1 Å². The second-order valence-corrected chi connectivity index (χ2v) is 14.4. The van der Waals surface area contributed by atoms with Gasteiger partial charge in [0.25, 0.3) is 5.91 Å². The Morgan fingerprint density at radius 2 is 1.54 bits per heavy atom. The molecule has 3 saturated heterocycles. The van der Waals surface area contributed by atoms with Crippen LogP contribution in [0.4, 0.5) is 0 Å². The number of rotatable bonds is 10. The highest BCUT2D eigenvalue weighted by Crippen LogP contribution is 2.43. The van der Waals surface area contributed by atoms with E-state index in [0.717, 1.165) is 52.9 Å². The van der Waals surface area contributed by atoms with E-state index in [1.165, 1.54) is 4.90 Å². The normalized spacial score (nSPS) is 17.9. The molecule has 12 heteroatoms. The number of carbonyl (C=O) groups excluding carboxylic acids is 2. The van der Waals surface area contributed by atoms with Gasteiger partial charge in [0.2, 0.25) is 11.8 Å². The standard InChI is InChI=1S/C38H38Cl2N6O4/c1-37(2)35(48)46(36(41)44-37)18-19-50-25-13-10-23(11-14-25)26-6-4-7-27(32(26)39)28-8-5-9-29(33(28)40)30-15-12-24(34(42-30)49-3)20-45-21-38(22-45)17-16-31(47)43-38/h4-15H,16-22H2,1-3H3,(H2,41,44)(H,43,47). The molecule has 0 bridgehead atoms. The number of aromatic nitrogens is 1. The molecule has 50 heavy (non-hydrogen) atoms. The molecular weight excluding hydrogens is 675 g/mol. The summed E-state index contributed by atoms with van der Waals surface area (Å²) < 4.78 is 11.6. The van der Waals surface area contributed by atoms with Crippen LogP contribution in [0.2, 0.25) is 10.0 Å². The van der Waals surface area contributed by atoms with Crippen molar-refractivity contribution in [2.24, 2.45) is 0 Å². The number of hydrogen-bond donors (Lipinski definition) is 3. The summed E-state index contributed by atoms with van der Waals surface area (Å²) in [7, 11) is 1.62. The minimum Gasteiger partial charge on any atom is -0.492 e. The van der Waals surface area contributed by atoms with E-state index in [9.17, 15) is 9.59 Å². The fraction of sp³-hybridized carbons (Fsp3) is 0.316. The van der Waals surface area contributed by atoms with E-state index >= 15 is 0 Å². The lowest BCUT2D eigenvalue weighted by Gasteiger charge is -2.48. The molecule has 4 heterocycles. The Labute approximate surface area is 301 Å². The number of nitrogens with zero attached hydrogens (tertiary/aromatic N) is 3. The van der Waals surface area contributed by atoms with Crippen molar-refractivity contribution in [2.45, 2.75) is 44.3 Å². The number of nitrogens with one attached hydrogen (secondary N) is 3. The van der Waals surface area contributed by atoms with Gasteiger partial charge < -0.3 is 20.1 Å². The first kappa shape index (κ1) is 33.8. The lowest BCUT2D eigenvalue weighted by atomic mass is 9.88. The van der Waals surface area contributed by atoms with E-state index in [4.69, 9.17) is 43.1 Å². The Morgan fingerprint density at radius 1 is 0.880 bits per heavy atom. The molecule has 0 aliphatic carbocycles. The van der Waals surface area contributed by atoms with Gasteiger partial charge >= 0.3 is 0 Å². The van der Waals surface area contributed by atoms with Crippen molar-refractivity contribution in [2.75, 3.05) is 33.4 Å². The van der Waals surface area contributed by atoms with Gasteiger partial charge in [0.05, 0.1) is 34.9 Å². The predicted octanol–water partition coefficient (Wildman–Crippen LogP) is 6.39. The number of ether oxygens (including phenoxy) is 2. The van der Waals surface area contributed by atoms with Gasteiger partial charge in [-0.2, -0.15) is 0 Å². The molecule has 3 N–H and O–H groups in total. The number of carbonyl (C=O) groups is 2. The number of guanidine groups is 1. The maximum Gasteiger partial charge on any atom is 0.254 e. The molecule has 2 amide bonds. The van der Waals surface area contributed by atoms with Gasteiger partial charge in [0.1, 0.15) is 17.9 Å². The largest absolute Gasteiger partial charge is 0.492 e. The van der Waals surface area contributed by atoms with Crippen molar-refractivity contribution >= 4 is 41.0 Å². The van der Waals surface area contributed by atoms with Crippen molar-refractivity contribution in [3.8, 4) is 45.1 Å². The lowest BCUT2D eigenvalue weighted by molar-refractivity contribution is -0.130. The Balaban J connectivity index is 1.05. The Morgan fingerprint density at radius 3 is 2.16 bits per heavy atom. The third-order valence-corrected chi connectivity index (χ3v) is 10.4. The summed E-state index contributed by atoms with van der Waals surface area (Å²) in [6.45, 7) is 6.36. The van der Waals surface area contributed by atoms with Crippen LogP contribution in [0.25, 0.3) is 33.5 Å². The van der Waals surface area contributed by atoms with Gasteiger partial charge in [-0.3, -0.25) is 24.8 Å². The van der Waals surface area contributed by atoms with E-state index in [2.05, 4.69) is 15.5 Å². The minimum absolute atomic E-state index is 0.0814. The van der Waals surface area contributed by atoms with Gasteiger partial charge in [0, 0.05) is 53.9 Å². The van der Waals surface area contributed by atoms with Crippen molar-refractivity contribution < 1.29 is 19.1 Å². The minimum atomic E-state index is -0.787. The monoisotopic (exact) mass is 712 g/mol. The number of amides is 2. The summed E-state index contributed by atoms with van der Waals surface area (Å²) in [4.78, 5) is 32.8. The maximum atomic E-state index is 12.5. The zero-order chi connectivity index (χ0) is 35.2. The lowest BCUT2D eigenvalue weighted by Crippen LogP contribution is -2.66. The zero-order valence-electron chi connectivity index (χ0n) is 28.1. The highest BCUT2D eigenvalue weighted by molar-refractivity contribution is 6.39. The maximum absolute atomic E-state index is 12.5. The molecule has 3 aliphatic heterocycles. The van der Waals surface area contributed by atoms with E-state index in [1.807, 2.05) is 72.8 Å². The van der Waals surface area contributed by atoms with Crippen LogP contribution in [-0.4, -0.2) is 77.0 Å². The molecule has 3 fully saturated rings. The molecule has 0 saturated carbocycles. The van der Waals surface area contributed by atoms with Crippen LogP contribution in [0, 0.1) is 5.41 Å². The molecule has 7 rings (SSSR count).